The number of anilines is 1. The molecule has 0 amide bonds. The van der Waals surface area contributed by atoms with E-state index >= 15 is 0 Å². The zero-order valence-electron chi connectivity index (χ0n) is 7.75. The van der Waals surface area contributed by atoms with Gasteiger partial charge in [0.25, 0.3) is 0 Å². The van der Waals surface area contributed by atoms with Gasteiger partial charge in [-0.1, -0.05) is 0 Å². The minimum absolute atomic E-state index is 0.606. The second-order valence-corrected chi connectivity index (χ2v) is 2.67. The van der Waals surface area contributed by atoms with E-state index in [0.29, 0.717) is 11.5 Å². The van der Waals surface area contributed by atoms with E-state index in [1.54, 1.807) is 18.7 Å². The molecule has 15 heavy (non-hydrogen) atoms. The predicted octanol–water partition coefficient (Wildman–Crippen LogP) is 0.345. The third kappa shape index (κ3) is 2.27. The number of nitrogens with two attached hydrogens (primary N) is 1. The van der Waals surface area contributed by atoms with Crippen LogP contribution in [0.3, 0.4) is 0 Å². The normalized spacial score (nSPS) is 9.60. The van der Waals surface area contributed by atoms with Gasteiger partial charge in [0.15, 0.2) is 5.65 Å². The average molecular weight is 203 g/mol. The molecule has 0 unspecified atom stereocenters. The van der Waals surface area contributed by atoms with Crippen LogP contribution in [-0.2, 0) is 0 Å². The van der Waals surface area contributed by atoms with Crippen molar-refractivity contribution in [1.29, 1.82) is 0 Å². The van der Waals surface area contributed by atoms with Crippen molar-refractivity contribution in [2.45, 2.75) is 0 Å². The fourth-order valence-electron chi connectivity index (χ4n) is 0.957. The monoisotopic (exact) mass is 203 g/mol. The van der Waals surface area contributed by atoms with Crippen LogP contribution in [0.2, 0.25) is 0 Å². The first-order valence-corrected chi connectivity index (χ1v) is 4.19. The maximum Gasteiger partial charge on any atom is 0.180 e. The summed E-state index contributed by atoms with van der Waals surface area (Å²) in [5.41, 5.74) is 6.75. The molecule has 76 valence electrons. The third-order valence-corrected chi connectivity index (χ3v) is 1.62. The Bertz CT molecular complexity index is 482. The first-order chi connectivity index (χ1) is 7.36. The Morgan fingerprint density at radius 3 is 2.53 bits per heavy atom. The Morgan fingerprint density at radius 1 is 1.00 bits per heavy atom. The standard InChI is InChI=1S/C5H4N4.C3H5N3/c1-4-5(8-2-6-1)9-3-7-4;4-3-1-5-2-6-3/h1-3H,(H,6,7,8,9);1-2H,4H2,(H,5,6). The molecule has 0 radical (unpaired) electrons. The molecule has 7 heteroatoms. The zero-order chi connectivity index (χ0) is 10.5. The first kappa shape index (κ1) is 9.13. The van der Waals surface area contributed by atoms with Gasteiger partial charge in [-0.2, -0.15) is 0 Å². The van der Waals surface area contributed by atoms with E-state index in [1.807, 2.05) is 0 Å². The minimum atomic E-state index is 0.606. The summed E-state index contributed by atoms with van der Waals surface area (Å²) in [6.07, 6.45) is 7.85. The number of aromatic amines is 2. The summed E-state index contributed by atoms with van der Waals surface area (Å²) in [6, 6.07) is 0. The smallest absolute Gasteiger partial charge is 0.180 e. The molecule has 0 saturated carbocycles. The van der Waals surface area contributed by atoms with Gasteiger partial charge in [-0.05, 0) is 0 Å². The molecule has 0 saturated heterocycles. The number of imidazole rings is 2. The summed E-state index contributed by atoms with van der Waals surface area (Å²) in [4.78, 5) is 20.8. The molecule has 0 aliphatic rings. The molecule has 3 aromatic rings. The van der Waals surface area contributed by atoms with Crippen LogP contribution in [0.4, 0.5) is 5.82 Å². The largest absolute Gasteiger partial charge is 0.384 e. The molecule has 0 fully saturated rings. The van der Waals surface area contributed by atoms with Gasteiger partial charge in [0.2, 0.25) is 0 Å². The van der Waals surface area contributed by atoms with Gasteiger partial charge in [0.1, 0.15) is 17.7 Å². The maximum atomic E-state index is 5.16. The van der Waals surface area contributed by atoms with Crippen LogP contribution in [0.15, 0.2) is 31.4 Å². The summed E-state index contributed by atoms with van der Waals surface area (Å²) in [7, 11) is 0. The van der Waals surface area contributed by atoms with Crippen LogP contribution in [0, 0.1) is 0 Å². The van der Waals surface area contributed by atoms with Crippen molar-refractivity contribution >= 4 is 17.0 Å². The Morgan fingerprint density at radius 2 is 1.93 bits per heavy atom. The topological polar surface area (TPSA) is 109 Å². The highest BCUT2D eigenvalue weighted by molar-refractivity contribution is 5.67. The molecule has 0 spiro atoms. The number of rotatable bonds is 0. The van der Waals surface area contributed by atoms with E-state index in [1.165, 1.54) is 12.7 Å². The Labute approximate surface area is 84.8 Å². The highest BCUT2D eigenvalue weighted by Crippen LogP contribution is 1.99. The number of fused-ring (bicyclic) bond motifs is 1. The van der Waals surface area contributed by atoms with Gasteiger partial charge in [-0.15, -0.1) is 0 Å². The van der Waals surface area contributed by atoms with Gasteiger partial charge in [-0.25, -0.2) is 19.9 Å². The number of aromatic nitrogens is 6. The molecule has 0 aromatic carbocycles. The number of nitrogens with one attached hydrogen (secondary N) is 2. The van der Waals surface area contributed by atoms with Crippen molar-refractivity contribution in [2.75, 3.05) is 5.73 Å². The SMILES string of the molecule is Nc1cnc[nH]1.c1ncc2[nH]cnc2n1. The second-order valence-electron chi connectivity index (χ2n) is 2.67. The fourth-order valence-corrected chi connectivity index (χ4v) is 0.957. The van der Waals surface area contributed by atoms with Crippen LogP contribution in [0.5, 0.6) is 0 Å². The fraction of sp³-hybridized carbons (Fsp3) is 0. The Kier molecular flexibility index (Phi) is 2.54. The van der Waals surface area contributed by atoms with Crippen molar-refractivity contribution in [3.8, 4) is 0 Å². The van der Waals surface area contributed by atoms with E-state index in [0.717, 1.165) is 5.52 Å². The highest BCUT2D eigenvalue weighted by atomic mass is 15.0. The van der Waals surface area contributed by atoms with Crippen molar-refractivity contribution in [1.82, 2.24) is 29.9 Å². The molecule has 0 atom stereocenters. The van der Waals surface area contributed by atoms with Crippen molar-refractivity contribution < 1.29 is 0 Å². The molecule has 7 nitrogen and oxygen atoms in total. The number of nitrogens with zero attached hydrogens (tertiary/aromatic N) is 4. The van der Waals surface area contributed by atoms with Crippen LogP contribution in [0.1, 0.15) is 0 Å². The van der Waals surface area contributed by atoms with Gasteiger partial charge >= 0.3 is 0 Å². The third-order valence-electron chi connectivity index (χ3n) is 1.62. The average Bonchev–Trinajstić information content (AvgIpc) is 2.88. The number of nitrogen functional groups attached to an aromatic ring is 1. The van der Waals surface area contributed by atoms with E-state index < -0.39 is 0 Å². The summed E-state index contributed by atoms with van der Waals surface area (Å²) in [5, 5.41) is 0. The second kappa shape index (κ2) is 4.18. The maximum absolute atomic E-state index is 5.16. The molecule has 3 heterocycles. The quantitative estimate of drug-likeness (QED) is 0.488. The molecular weight excluding hydrogens is 194 g/mol. The van der Waals surface area contributed by atoms with Crippen molar-refractivity contribution in [3.63, 3.8) is 0 Å². The van der Waals surface area contributed by atoms with Crippen molar-refractivity contribution in [3.05, 3.63) is 31.4 Å². The van der Waals surface area contributed by atoms with Crippen LogP contribution in [-0.4, -0.2) is 29.9 Å². The molecule has 0 aliphatic heterocycles. The van der Waals surface area contributed by atoms with Gasteiger partial charge in [-0.3, -0.25) is 0 Å². The zero-order valence-corrected chi connectivity index (χ0v) is 7.75. The summed E-state index contributed by atoms with van der Waals surface area (Å²) < 4.78 is 0. The van der Waals surface area contributed by atoms with E-state index in [9.17, 15) is 0 Å². The predicted molar refractivity (Wildman–Crippen MR) is 54.7 cm³/mol. The number of hydrogen-bond donors (Lipinski definition) is 3. The lowest BCUT2D eigenvalue weighted by Gasteiger charge is -1.80. The van der Waals surface area contributed by atoms with Gasteiger partial charge in [0.05, 0.1) is 25.0 Å². The number of hydrogen-bond acceptors (Lipinski definition) is 5. The lowest BCUT2D eigenvalue weighted by Crippen LogP contribution is -1.79. The number of H-pyrrole nitrogens is 2. The first-order valence-electron chi connectivity index (χ1n) is 4.19. The molecule has 3 rings (SSSR count). The highest BCUT2D eigenvalue weighted by Gasteiger charge is 1.91. The van der Waals surface area contributed by atoms with E-state index in [4.69, 9.17) is 5.73 Å². The van der Waals surface area contributed by atoms with Crippen molar-refractivity contribution in [2.24, 2.45) is 0 Å². The molecule has 3 aromatic heterocycles. The Balaban J connectivity index is 0.000000124. The van der Waals surface area contributed by atoms with E-state index in [2.05, 4.69) is 29.9 Å². The van der Waals surface area contributed by atoms with Gasteiger partial charge < -0.3 is 15.7 Å². The summed E-state index contributed by atoms with van der Waals surface area (Å²) in [5.74, 6) is 0.606. The molecule has 0 aliphatic carbocycles. The Hall–Kier alpha value is -2.44. The van der Waals surface area contributed by atoms with E-state index in [-0.39, 0.29) is 0 Å². The van der Waals surface area contributed by atoms with Crippen LogP contribution < -0.4 is 5.73 Å². The summed E-state index contributed by atoms with van der Waals surface area (Å²) >= 11 is 0. The van der Waals surface area contributed by atoms with Crippen LogP contribution in [0.25, 0.3) is 11.2 Å². The molecule has 4 N–H and O–H groups in total. The van der Waals surface area contributed by atoms with Crippen LogP contribution >= 0.6 is 0 Å². The minimum Gasteiger partial charge on any atom is -0.384 e. The molecule has 0 bridgehead atoms. The van der Waals surface area contributed by atoms with Gasteiger partial charge in [0, 0.05) is 0 Å². The molecular formula is C8H9N7. The lowest BCUT2D eigenvalue weighted by atomic mass is 10.6. The lowest BCUT2D eigenvalue weighted by molar-refractivity contribution is 1.20. The summed E-state index contributed by atoms with van der Waals surface area (Å²) in [6.45, 7) is 0.